The molecule has 0 aliphatic carbocycles. The quantitative estimate of drug-likeness (QED) is 0.431. The second-order valence-corrected chi connectivity index (χ2v) is 8.62. The molecule has 2 aromatic heterocycles. The van der Waals surface area contributed by atoms with Gasteiger partial charge in [0.05, 0.1) is 23.3 Å². The Kier molecular flexibility index (Phi) is 5.50. The van der Waals surface area contributed by atoms with E-state index < -0.39 is 17.2 Å². The second kappa shape index (κ2) is 7.98. The monoisotopic (exact) mass is 436 g/mol. The molecule has 0 radical (unpaired) electrons. The van der Waals surface area contributed by atoms with E-state index in [0.717, 1.165) is 10.5 Å². The Morgan fingerprint density at radius 2 is 2.06 bits per heavy atom. The summed E-state index contributed by atoms with van der Waals surface area (Å²) in [6.45, 7) is 5.76. The SMILES string of the molecule is CC[C@H]1OC(OC(=O)c2ccccc2)(c2ccc3c(SC)ncnn23)[C@](C)(C#N)[C@@H]1C. The summed E-state index contributed by atoms with van der Waals surface area (Å²) >= 11 is 1.49. The van der Waals surface area contributed by atoms with Crippen molar-refractivity contribution in [1.29, 1.82) is 5.26 Å². The van der Waals surface area contributed by atoms with Gasteiger partial charge in [-0.1, -0.05) is 32.0 Å². The fourth-order valence-electron chi connectivity index (χ4n) is 4.31. The Morgan fingerprint density at radius 1 is 1.32 bits per heavy atom. The minimum Gasteiger partial charge on any atom is -0.421 e. The Hall–Kier alpha value is -2.89. The Morgan fingerprint density at radius 3 is 2.71 bits per heavy atom. The highest BCUT2D eigenvalue weighted by Crippen LogP contribution is 2.57. The van der Waals surface area contributed by atoms with Crippen LogP contribution in [0.15, 0.2) is 53.8 Å². The van der Waals surface area contributed by atoms with Gasteiger partial charge in [0.15, 0.2) is 0 Å². The summed E-state index contributed by atoms with van der Waals surface area (Å²) in [4.78, 5) is 17.5. The van der Waals surface area contributed by atoms with Crippen LogP contribution in [-0.2, 0) is 15.3 Å². The van der Waals surface area contributed by atoms with Gasteiger partial charge < -0.3 is 9.47 Å². The molecule has 0 bridgehead atoms. The molecule has 0 N–H and O–H groups in total. The largest absolute Gasteiger partial charge is 0.421 e. The summed E-state index contributed by atoms with van der Waals surface area (Å²) in [6.07, 6.45) is 3.80. The van der Waals surface area contributed by atoms with Crippen LogP contribution >= 0.6 is 11.8 Å². The van der Waals surface area contributed by atoms with Gasteiger partial charge in [0.25, 0.3) is 5.79 Å². The summed E-state index contributed by atoms with van der Waals surface area (Å²) in [7, 11) is 0. The zero-order valence-corrected chi connectivity index (χ0v) is 18.7. The summed E-state index contributed by atoms with van der Waals surface area (Å²) in [6, 6.07) is 14.8. The van der Waals surface area contributed by atoms with E-state index in [-0.39, 0.29) is 12.0 Å². The van der Waals surface area contributed by atoms with Gasteiger partial charge in [0.2, 0.25) is 0 Å². The van der Waals surface area contributed by atoms with Crippen LogP contribution in [0.4, 0.5) is 0 Å². The zero-order valence-electron chi connectivity index (χ0n) is 17.9. The lowest BCUT2D eigenvalue weighted by molar-refractivity contribution is -0.237. The predicted molar refractivity (Wildman–Crippen MR) is 116 cm³/mol. The molecule has 0 saturated carbocycles. The lowest BCUT2D eigenvalue weighted by Crippen LogP contribution is -2.47. The van der Waals surface area contributed by atoms with E-state index in [1.165, 1.54) is 18.1 Å². The van der Waals surface area contributed by atoms with E-state index in [2.05, 4.69) is 16.2 Å². The molecule has 3 heterocycles. The molecular weight excluding hydrogens is 412 g/mol. The number of benzene rings is 1. The van der Waals surface area contributed by atoms with E-state index >= 15 is 0 Å². The molecule has 1 saturated heterocycles. The lowest BCUT2D eigenvalue weighted by Gasteiger charge is -2.37. The molecule has 1 aliphatic rings. The molecule has 4 atom stereocenters. The van der Waals surface area contributed by atoms with Gasteiger partial charge in [0.1, 0.15) is 22.5 Å². The van der Waals surface area contributed by atoms with Crippen LogP contribution in [-0.4, -0.2) is 32.9 Å². The van der Waals surface area contributed by atoms with Crippen LogP contribution < -0.4 is 0 Å². The Labute approximate surface area is 185 Å². The van der Waals surface area contributed by atoms with Crippen LogP contribution in [0, 0.1) is 22.7 Å². The maximum absolute atomic E-state index is 13.2. The Balaban J connectivity index is 1.95. The van der Waals surface area contributed by atoms with E-state index in [1.807, 2.05) is 38.3 Å². The fourth-order valence-corrected chi connectivity index (χ4v) is 4.83. The molecule has 7 nitrogen and oxygen atoms in total. The molecule has 1 unspecified atom stereocenters. The van der Waals surface area contributed by atoms with Crippen molar-refractivity contribution in [1.82, 2.24) is 14.6 Å². The van der Waals surface area contributed by atoms with Crippen molar-refractivity contribution in [2.24, 2.45) is 11.3 Å². The van der Waals surface area contributed by atoms with Gasteiger partial charge in [-0.05, 0) is 43.9 Å². The number of carbonyl (C=O) groups is 1. The van der Waals surface area contributed by atoms with E-state index in [1.54, 1.807) is 35.7 Å². The van der Waals surface area contributed by atoms with Crippen molar-refractivity contribution in [2.45, 2.75) is 44.1 Å². The van der Waals surface area contributed by atoms with Gasteiger partial charge in [-0.25, -0.2) is 14.3 Å². The highest BCUT2D eigenvalue weighted by molar-refractivity contribution is 7.98. The first kappa shape index (κ1) is 21.3. The Bertz CT molecular complexity index is 1160. The third kappa shape index (κ3) is 3.11. The summed E-state index contributed by atoms with van der Waals surface area (Å²) in [5, 5.41) is 15.5. The first-order valence-electron chi connectivity index (χ1n) is 10.2. The number of esters is 1. The number of aromatic nitrogens is 3. The number of ether oxygens (including phenoxy) is 2. The summed E-state index contributed by atoms with van der Waals surface area (Å²) in [5.41, 5.74) is 0.503. The number of hydrogen-bond donors (Lipinski definition) is 0. The van der Waals surface area contributed by atoms with Crippen molar-refractivity contribution in [3.63, 3.8) is 0 Å². The number of fused-ring (bicyclic) bond motifs is 1. The van der Waals surface area contributed by atoms with Gasteiger partial charge in [-0.3, -0.25) is 0 Å². The molecule has 0 spiro atoms. The number of rotatable bonds is 5. The van der Waals surface area contributed by atoms with Crippen molar-refractivity contribution in [2.75, 3.05) is 6.26 Å². The van der Waals surface area contributed by atoms with Gasteiger partial charge in [-0.2, -0.15) is 10.4 Å². The second-order valence-electron chi connectivity index (χ2n) is 7.82. The summed E-state index contributed by atoms with van der Waals surface area (Å²) in [5.74, 6) is -2.37. The molecule has 31 heavy (non-hydrogen) atoms. The normalized spacial score (nSPS) is 27.8. The standard InChI is InChI=1S/C23H24N4O3S/c1-5-18-15(2)22(3,13-24)23(29-18,30-21(28)16-9-7-6-8-10-16)19-12-11-17-20(31-4)25-14-26-27(17)19/h6-12,14-15,18H,5H2,1-4H3/t15-,18-,22-,23?/m1/s1. The minimum absolute atomic E-state index is 0.182. The third-order valence-electron chi connectivity index (χ3n) is 6.30. The topological polar surface area (TPSA) is 89.5 Å². The zero-order chi connectivity index (χ0) is 22.2. The van der Waals surface area contributed by atoms with Gasteiger partial charge in [-0.15, -0.1) is 11.8 Å². The first-order valence-corrected chi connectivity index (χ1v) is 11.4. The maximum Gasteiger partial charge on any atom is 0.341 e. The van der Waals surface area contributed by atoms with Crippen LogP contribution in [0.2, 0.25) is 0 Å². The third-order valence-corrected chi connectivity index (χ3v) is 7.00. The average molecular weight is 437 g/mol. The minimum atomic E-state index is -1.63. The molecule has 1 aromatic carbocycles. The first-order chi connectivity index (χ1) is 14.9. The van der Waals surface area contributed by atoms with E-state index in [9.17, 15) is 10.1 Å². The van der Waals surface area contributed by atoms with E-state index in [4.69, 9.17) is 9.47 Å². The number of nitriles is 1. The fraction of sp³-hybridized carbons (Fsp3) is 0.391. The number of thioether (sulfide) groups is 1. The molecule has 8 heteroatoms. The van der Waals surface area contributed by atoms with Crippen LogP contribution in [0.25, 0.3) is 5.52 Å². The number of hydrogen-bond acceptors (Lipinski definition) is 7. The van der Waals surface area contributed by atoms with E-state index in [0.29, 0.717) is 17.7 Å². The van der Waals surface area contributed by atoms with Crippen LogP contribution in [0.5, 0.6) is 0 Å². The highest BCUT2D eigenvalue weighted by atomic mass is 32.2. The molecular formula is C23H24N4O3S. The van der Waals surface area contributed by atoms with Crippen molar-refractivity contribution in [3.8, 4) is 6.07 Å². The molecule has 0 amide bonds. The molecule has 160 valence electrons. The lowest BCUT2D eigenvalue weighted by atomic mass is 9.71. The van der Waals surface area contributed by atoms with Crippen LogP contribution in [0.1, 0.15) is 43.2 Å². The molecule has 3 aromatic rings. The van der Waals surface area contributed by atoms with Gasteiger partial charge >= 0.3 is 5.97 Å². The average Bonchev–Trinajstić information content (AvgIpc) is 3.33. The van der Waals surface area contributed by atoms with Crippen LogP contribution in [0.3, 0.4) is 0 Å². The molecule has 4 rings (SSSR count). The van der Waals surface area contributed by atoms with Crippen molar-refractivity contribution >= 4 is 23.2 Å². The maximum atomic E-state index is 13.2. The predicted octanol–water partition coefficient (Wildman–Crippen LogP) is 4.44. The molecule has 1 fully saturated rings. The number of carbonyl (C=O) groups excluding carboxylic acids is 1. The van der Waals surface area contributed by atoms with Crippen molar-refractivity contribution in [3.05, 3.63) is 60.0 Å². The smallest absolute Gasteiger partial charge is 0.341 e. The highest BCUT2D eigenvalue weighted by Gasteiger charge is 2.67. The molecule has 1 aliphatic heterocycles. The summed E-state index contributed by atoms with van der Waals surface area (Å²) < 4.78 is 14.3. The number of nitrogens with zero attached hydrogens (tertiary/aromatic N) is 4. The van der Waals surface area contributed by atoms with Crippen molar-refractivity contribution < 1.29 is 14.3 Å². The van der Waals surface area contributed by atoms with Gasteiger partial charge in [0, 0.05) is 5.92 Å².